The molecule has 0 saturated carbocycles. The number of aliphatic hydroxyl groups is 1. The Hall–Kier alpha value is -0.900. The van der Waals surface area contributed by atoms with Gasteiger partial charge in [0, 0.05) is 38.8 Å². The maximum absolute atomic E-state index is 9.02. The summed E-state index contributed by atoms with van der Waals surface area (Å²) >= 11 is 0. The molecule has 2 atom stereocenters. The predicted molar refractivity (Wildman–Crippen MR) is 88.2 cm³/mol. The Morgan fingerprint density at radius 1 is 1.14 bits per heavy atom. The summed E-state index contributed by atoms with van der Waals surface area (Å²) in [5.41, 5.74) is 1.41. The summed E-state index contributed by atoms with van der Waals surface area (Å²) in [7, 11) is 2.21. The van der Waals surface area contributed by atoms with Crippen LogP contribution in [0.15, 0.2) is 30.3 Å². The molecule has 1 saturated heterocycles. The van der Waals surface area contributed by atoms with Gasteiger partial charge >= 0.3 is 0 Å². The van der Waals surface area contributed by atoms with Gasteiger partial charge in [-0.25, -0.2) is 0 Å². The van der Waals surface area contributed by atoms with Gasteiger partial charge in [-0.1, -0.05) is 44.2 Å². The van der Waals surface area contributed by atoms with E-state index in [0.717, 1.165) is 32.6 Å². The summed E-state index contributed by atoms with van der Waals surface area (Å²) in [6, 6.07) is 11.4. The highest BCUT2D eigenvalue weighted by Crippen LogP contribution is 2.27. The first-order valence-electron chi connectivity index (χ1n) is 8.19. The van der Waals surface area contributed by atoms with Gasteiger partial charge in [-0.15, -0.1) is 0 Å². The van der Waals surface area contributed by atoms with Crippen LogP contribution in [0.2, 0.25) is 0 Å². The summed E-state index contributed by atoms with van der Waals surface area (Å²) in [6.07, 6.45) is 0.875. The van der Waals surface area contributed by atoms with Crippen LogP contribution < -0.4 is 0 Å². The van der Waals surface area contributed by atoms with E-state index >= 15 is 0 Å². The van der Waals surface area contributed by atoms with Crippen LogP contribution in [0.1, 0.15) is 25.8 Å². The van der Waals surface area contributed by atoms with Crippen molar-refractivity contribution in [1.82, 2.24) is 9.80 Å². The van der Waals surface area contributed by atoms with Gasteiger partial charge in [0.05, 0.1) is 0 Å². The lowest BCUT2D eigenvalue weighted by Crippen LogP contribution is -2.53. The third-order valence-electron chi connectivity index (χ3n) is 4.69. The molecule has 2 rings (SSSR count). The molecule has 0 spiro atoms. The van der Waals surface area contributed by atoms with Crippen molar-refractivity contribution in [3.63, 3.8) is 0 Å². The van der Waals surface area contributed by atoms with Crippen LogP contribution in [-0.2, 0) is 6.54 Å². The fourth-order valence-electron chi connectivity index (χ4n) is 3.97. The monoisotopic (exact) mass is 290 g/mol. The van der Waals surface area contributed by atoms with E-state index in [9.17, 15) is 0 Å². The molecular formula is C18H30N2O. The third kappa shape index (κ3) is 4.53. The zero-order valence-corrected chi connectivity index (χ0v) is 13.7. The molecule has 3 nitrogen and oxygen atoms in total. The molecule has 0 aliphatic carbocycles. The van der Waals surface area contributed by atoms with Crippen LogP contribution in [-0.4, -0.2) is 54.2 Å². The van der Waals surface area contributed by atoms with Crippen LogP contribution >= 0.6 is 0 Å². The Morgan fingerprint density at radius 2 is 1.76 bits per heavy atom. The quantitative estimate of drug-likeness (QED) is 0.872. The number of rotatable bonds is 6. The zero-order chi connectivity index (χ0) is 15.2. The molecule has 0 aromatic heterocycles. The second-order valence-electron chi connectivity index (χ2n) is 6.68. The standard InChI is InChI=1S/C18H30N2O/c1-15-12-20(14-17-8-5-4-6-9-17)13-16(2)18(15)19(3)10-7-11-21/h4-6,8-9,15-16,18,21H,7,10-14H2,1-3H3. The van der Waals surface area contributed by atoms with Crippen molar-refractivity contribution in [1.29, 1.82) is 0 Å². The summed E-state index contributed by atoms with van der Waals surface area (Å²) in [4.78, 5) is 5.03. The minimum absolute atomic E-state index is 0.292. The third-order valence-corrected chi connectivity index (χ3v) is 4.69. The van der Waals surface area contributed by atoms with Crippen molar-refractivity contribution in [2.75, 3.05) is 33.3 Å². The summed E-state index contributed by atoms with van der Waals surface area (Å²) < 4.78 is 0. The lowest BCUT2D eigenvalue weighted by molar-refractivity contribution is 0.0303. The van der Waals surface area contributed by atoms with Crippen molar-refractivity contribution in [2.24, 2.45) is 11.8 Å². The van der Waals surface area contributed by atoms with E-state index < -0.39 is 0 Å². The average Bonchev–Trinajstić information content (AvgIpc) is 2.45. The minimum Gasteiger partial charge on any atom is -0.396 e. The molecule has 3 heteroatoms. The maximum Gasteiger partial charge on any atom is 0.0443 e. The van der Waals surface area contributed by atoms with Gasteiger partial charge < -0.3 is 10.0 Å². The normalized spacial score (nSPS) is 27.2. The Morgan fingerprint density at radius 3 is 2.33 bits per heavy atom. The molecule has 1 fully saturated rings. The molecule has 21 heavy (non-hydrogen) atoms. The van der Waals surface area contributed by atoms with Crippen molar-refractivity contribution in [3.05, 3.63) is 35.9 Å². The molecule has 2 unspecified atom stereocenters. The molecule has 1 aliphatic heterocycles. The second kappa shape index (κ2) is 7.92. The van der Waals surface area contributed by atoms with E-state index in [4.69, 9.17) is 5.11 Å². The van der Waals surface area contributed by atoms with Crippen molar-refractivity contribution < 1.29 is 5.11 Å². The summed E-state index contributed by atoms with van der Waals surface area (Å²) in [5, 5.41) is 9.02. The largest absolute Gasteiger partial charge is 0.396 e. The number of aliphatic hydroxyl groups excluding tert-OH is 1. The molecule has 0 radical (unpaired) electrons. The van der Waals surface area contributed by atoms with Gasteiger partial charge in [-0.2, -0.15) is 0 Å². The molecular weight excluding hydrogens is 260 g/mol. The van der Waals surface area contributed by atoms with Crippen molar-refractivity contribution >= 4 is 0 Å². The van der Waals surface area contributed by atoms with Crippen molar-refractivity contribution in [3.8, 4) is 0 Å². The van der Waals surface area contributed by atoms with E-state index in [1.54, 1.807) is 0 Å². The second-order valence-corrected chi connectivity index (χ2v) is 6.68. The van der Waals surface area contributed by atoms with Crippen molar-refractivity contribution in [2.45, 2.75) is 32.9 Å². The molecule has 1 heterocycles. The molecule has 1 N–H and O–H groups in total. The topological polar surface area (TPSA) is 26.7 Å². The summed E-state index contributed by atoms with van der Waals surface area (Å²) in [5.74, 6) is 1.34. The van der Waals surface area contributed by atoms with Crippen LogP contribution in [0.4, 0.5) is 0 Å². The van der Waals surface area contributed by atoms with Gasteiger partial charge in [0.25, 0.3) is 0 Å². The maximum atomic E-state index is 9.02. The number of benzene rings is 1. The number of hydrogen-bond donors (Lipinski definition) is 1. The van der Waals surface area contributed by atoms with E-state index in [2.05, 4.69) is 61.0 Å². The van der Waals surface area contributed by atoms with Gasteiger partial charge in [0.15, 0.2) is 0 Å². The highest BCUT2D eigenvalue weighted by molar-refractivity contribution is 5.14. The molecule has 1 aliphatic rings. The molecule has 0 bridgehead atoms. The smallest absolute Gasteiger partial charge is 0.0443 e. The molecule has 1 aromatic carbocycles. The molecule has 0 amide bonds. The van der Waals surface area contributed by atoms with E-state index in [1.807, 2.05) is 0 Å². The average molecular weight is 290 g/mol. The first-order chi connectivity index (χ1) is 10.1. The number of likely N-dealkylation sites (tertiary alicyclic amines) is 1. The Balaban J connectivity index is 1.92. The lowest BCUT2D eigenvalue weighted by Gasteiger charge is -2.45. The van der Waals surface area contributed by atoms with Crippen LogP contribution in [0.5, 0.6) is 0 Å². The Kier molecular flexibility index (Phi) is 6.22. The molecule has 1 aromatic rings. The number of piperidine rings is 1. The zero-order valence-electron chi connectivity index (χ0n) is 13.7. The van der Waals surface area contributed by atoms with Gasteiger partial charge in [0.1, 0.15) is 0 Å². The van der Waals surface area contributed by atoms with E-state index in [1.165, 1.54) is 5.56 Å². The summed E-state index contributed by atoms with van der Waals surface area (Å²) in [6.45, 7) is 9.40. The fraction of sp³-hybridized carbons (Fsp3) is 0.667. The number of nitrogens with zero attached hydrogens (tertiary/aromatic N) is 2. The van der Waals surface area contributed by atoms with Gasteiger partial charge in [-0.05, 0) is 30.9 Å². The predicted octanol–water partition coefficient (Wildman–Crippen LogP) is 2.46. The minimum atomic E-state index is 0.292. The van der Waals surface area contributed by atoms with E-state index in [0.29, 0.717) is 24.5 Å². The number of hydrogen-bond acceptors (Lipinski definition) is 3. The van der Waals surface area contributed by atoms with Crippen LogP contribution in [0, 0.1) is 11.8 Å². The highest BCUT2D eigenvalue weighted by atomic mass is 16.3. The SMILES string of the molecule is CC1CN(Cc2ccccc2)CC(C)C1N(C)CCCO. The fourth-order valence-corrected chi connectivity index (χ4v) is 3.97. The van der Waals surface area contributed by atoms with Crippen LogP contribution in [0.25, 0.3) is 0 Å². The Labute approximate surface area is 129 Å². The lowest BCUT2D eigenvalue weighted by atomic mass is 9.84. The molecule has 118 valence electrons. The van der Waals surface area contributed by atoms with Gasteiger partial charge in [-0.3, -0.25) is 4.90 Å². The first-order valence-corrected chi connectivity index (χ1v) is 8.19. The van der Waals surface area contributed by atoms with Gasteiger partial charge in [0.2, 0.25) is 0 Å². The first kappa shape index (κ1) is 16.5. The Bertz CT molecular complexity index is 397. The van der Waals surface area contributed by atoms with Crippen LogP contribution in [0.3, 0.4) is 0 Å². The highest BCUT2D eigenvalue weighted by Gasteiger charge is 2.34. The van der Waals surface area contributed by atoms with E-state index in [-0.39, 0.29) is 0 Å².